The van der Waals surface area contributed by atoms with Gasteiger partial charge in [0.1, 0.15) is 10.3 Å². The number of H-pyrrole nitrogens is 1. The highest BCUT2D eigenvalue weighted by molar-refractivity contribution is 9.10. The van der Waals surface area contributed by atoms with Crippen LogP contribution >= 0.6 is 15.9 Å². The standard InChI is InChI=1S/C11H9BrN4/c1-16-4-2-3-9(16)11-7-5-10(12)13-6-8(7)14-15-11/h2-6H,1H3,(H,14,15). The monoisotopic (exact) mass is 276 g/mol. The Morgan fingerprint density at radius 2 is 2.31 bits per heavy atom. The van der Waals surface area contributed by atoms with Gasteiger partial charge in [0.25, 0.3) is 0 Å². The lowest BCUT2D eigenvalue weighted by molar-refractivity contribution is 0.928. The Bertz CT molecular complexity index is 653. The molecule has 0 spiro atoms. The predicted molar refractivity (Wildman–Crippen MR) is 66.0 cm³/mol. The number of hydrogen-bond acceptors (Lipinski definition) is 2. The summed E-state index contributed by atoms with van der Waals surface area (Å²) in [6, 6.07) is 6.02. The number of pyridine rings is 1. The molecule has 0 amide bonds. The van der Waals surface area contributed by atoms with Gasteiger partial charge in [-0.1, -0.05) is 0 Å². The maximum atomic E-state index is 4.33. The fourth-order valence-corrected chi connectivity index (χ4v) is 2.12. The largest absolute Gasteiger partial charge is 0.349 e. The molecule has 0 radical (unpaired) electrons. The summed E-state index contributed by atoms with van der Waals surface area (Å²) in [4.78, 5) is 4.16. The van der Waals surface area contributed by atoms with E-state index < -0.39 is 0 Å². The zero-order chi connectivity index (χ0) is 11.1. The van der Waals surface area contributed by atoms with Gasteiger partial charge in [0, 0.05) is 18.6 Å². The molecule has 1 N–H and O–H groups in total. The van der Waals surface area contributed by atoms with Crippen molar-refractivity contribution in [1.29, 1.82) is 0 Å². The van der Waals surface area contributed by atoms with Crippen molar-refractivity contribution in [3.8, 4) is 11.4 Å². The first-order valence-electron chi connectivity index (χ1n) is 4.87. The molecule has 0 bridgehead atoms. The molecule has 3 aromatic rings. The number of nitrogens with one attached hydrogen (secondary N) is 1. The normalized spacial score (nSPS) is 11.1. The highest BCUT2D eigenvalue weighted by Crippen LogP contribution is 2.27. The molecule has 5 heteroatoms. The van der Waals surface area contributed by atoms with Crippen molar-refractivity contribution >= 4 is 26.8 Å². The second-order valence-electron chi connectivity index (χ2n) is 3.63. The fraction of sp³-hybridized carbons (Fsp3) is 0.0909. The first-order chi connectivity index (χ1) is 7.75. The van der Waals surface area contributed by atoms with Crippen LogP contribution in [0.3, 0.4) is 0 Å². The number of rotatable bonds is 1. The average molecular weight is 277 g/mol. The fourth-order valence-electron chi connectivity index (χ4n) is 1.79. The van der Waals surface area contributed by atoms with Gasteiger partial charge in [0.2, 0.25) is 0 Å². The van der Waals surface area contributed by atoms with Crippen LogP contribution in [-0.4, -0.2) is 19.7 Å². The van der Waals surface area contributed by atoms with E-state index in [1.165, 1.54) is 0 Å². The first-order valence-corrected chi connectivity index (χ1v) is 5.66. The summed E-state index contributed by atoms with van der Waals surface area (Å²) in [7, 11) is 2.01. The van der Waals surface area contributed by atoms with E-state index in [0.29, 0.717) is 0 Å². The van der Waals surface area contributed by atoms with Crippen LogP contribution < -0.4 is 0 Å². The van der Waals surface area contributed by atoms with Gasteiger partial charge in [0.15, 0.2) is 0 Å². The molecule has 0 saturated heterocycles. The minimum absolute atomic E-state index is 0.817. The van der Waals surface area contributed by atoms with E-state index in [9.17, 15) is 0 Å². The van der Waals surface area contributed by atoms with Gasteiger partial charge in [-0.15, -0.1) is 0 Å². The Labute approximate surface area is 100 Å². The van der Waals surface area contributed by atoms with Crippen LogP contribution in [0.2, 0.25) is 0 Å². The summed E-state index contributed by atoms with van der Waals surface area (Å²) in [6.45, 7) is 0. The SMILES string of the molecule is Cn1cccc1-c1n[nH]c2cnc(Br)cc12. The van der Waals surface area contributed by atoms with Crippen molar-refractivity contribution in [1.82, 2.24) is 19.7 Å². The molecule has 0 aliphatic heterocycles. The summed E-state index contributed by atoms with van der Waals surface area (Å²) in [5.74, 6) is 0. The lowest BCUT2D eigenvalue weighted by atomic mass is 10.2. The Morgan fingerprint density at radius 3 is 3.06 bits per heavy atom. The Morgan fingerprint density at radius 1 is 1.44 bits per heavy atom. The van der Waals surface area contributed by atoms with Crippen LogP contribution in [-0.2, 0) is 7.05 Å². The summed E-state index contributed by atoms with van der Waals surface area (Å²) < 4.78 is 2.86. The van der Waals surface area contributed by atoms with Crippen molar-refractivity contribution in [3.05, 3.63) is 35.2 Å². The minimum Gasteiger partial charge on any atom is -0.349 e. The number of aryl methyl sites for hydroxylation is 1. The van der Waals surface area contributed by atoms with Gasteiger partial charge in [-0.3, -0.25) is 5.10 Å². The minimum atomic E-state index is 0.817. The zero-order valence-electron chi connectivity index (χ0n) is 8.61. The van der Waals surface area contributed by atoms with Gasteiger partial charge >= 0.3 is 0 Å². The molecule has 3 rings (SSSR count). The average Bonchev–Trinajstić information content (AvgIpc) is 2.83. The topological polar surface area (TPSA) is 46.5 Å². The third-order valence-corrected chi connectivity index (χ3v) is 3.03. The van der Waals surface area contributed by atoms with Gasteiger partial charge in [-0.05, 0) is 34.1 Å². The Balaban J connectivity index is 2.32. The molecule has 4 nitrogen and oxygen atoms in total. The molecular formula is C11H9BrN4. The molecule has 0 aromatic carbocycles. The van der Waals surface area contributed by atoms with E-state index in [1.807, 2.05) is 36.0 Å². The van der Waals surface area contributed by atoms with Crippen molar-refractivity contribution in [2.24, 2.45) is 7.05 Å². The van der Waals surface area contributed by atoms with E-state index in [2.05, 4.69) is 31.1 Å². The van der Waals surface area contributed by atoms with Crippen LogP contribution in [0.5, 0.6) is 0 Å². The van der Waals surface area contributed by atoms with Crippen LogP contribution in [0.25, 0.3) is 22.3 Å². The van der Waals surface area contributed by atoms with Crippen LogP contribution in [0.4, 0.5) is 0 Å². The predicted octanol–water partition coefficient (Wildman–Crippen LogP) is 2.73. The second-order valence-corrected chi connectivity index (χ2v) is 4.44. The Kier molecular flexibility index (Phi) is 2.07. The zero-order valence-corrected chi connectivity index (χ0v) is 10.2. The maximum absolute atomic E-state index is 4.33. The summed E-state index contributed by atoms with van der Waals surface area (Å²) >= 11 is 3.37. The molecular weight excluding hydrogens is 268 g/mol. The summed E-state index contributed by atoms with van der Waals surface area (Å²) in [5, 5.41) is 8.39. The molecule has 0 aliphatic carbocycles. The van der Waals surface area contributed by atoms with Gasteiger partial charge in [0.05, 0.1) is 17.4 Å². The number of aromatic nitrogens is 4. The maximum Gasteiger partial charge on any atom is 0.116 e. The van der Waals surface area contributed by atoms with E-state index in [-0.39, 0.29) is 0 Å². The van der Waals surface area contributed by atoms with Crippen LogP contribution in [0.15, 0.2) is 35.2 Å². The third-order valence-electron chi connectivity index (χ3n) is 2.60. The highest BCUT2D eigenvalue weighted by atomic mass is 79.9. The van der Waals surface area contributed by atoms with Crippen molar-refractivity contribution in [2.45, 2.75) is 0 Å². The van der Waals surface area contributed by atoms with Gasteiger partial charge in [-0.25, -0.2) is 4.98 Å². The molecule has 3 heterocycles. The molecule has 0 fully saturated rings. The van der Waals surface area contributed by atoms with E-state index >= 15 is 0 Å². The number of nitrogens with zero attached hydrogens (tertiary/aromatic N) is 3. The number of hydrogen-bond donors (Lipinski definition) is 1. The lowest BCUT2D eigenvalue weighted by Crippen LogP contribution is -1.89. The van der Waals surface area contributed by atoms with Crippen LogP contribution in [0.1, 0.15) is 0 Å². The summed E-state index contributed by atoms with van der Waals surface area (Å²) in [6.07, 6.45) is 3.78. The number of halogens is 1. The molecule has 3 aromatic heterocycles. The van der Waals surface area contributed by atoms with E-state index in [1.54, 1.807) is 6.20 Å². The number of fused-ring (bicyclic) bond motifs is 1. The first kappa shape index (κ1) is 9.59. The van der Waals surface area contributed by atoms with Crippen molar-refractivity contribution < 1.29 is 0 Å². The Hall–Kier alpha value is -1.62. The van der Waals surface area contributed by atoms with E-state index in [0.717, 1.165) is 26.9 Å². The lowest BCUT2D eigenvalue weighted by Gasteiger charge is -1.99. The summed E-state index contributed by atoms with van der Waals surface area (Å²) in [5.41, 5.74) is 2.98. The quantitative estimate of drug-likeness (QED) is 0.695. The third kappa shape index (κ3) is 1.36. The molecule has 16 heavy (non-hydrogen) atoms. The van der Waals surface area contributed by atoms with E-state index in [4.69, 9.17) is 0 Å². The van der Waals surface area contributed by atoms with Gasteiger partial charge < -0.3 is 4.57 Å². The molecule has 0 saturated carbocycles. The van der Waals surface area contributed by atoms with Crippen molar-refractivity contribution in [3.63, 3.8) is 0 Å². The molecule has 80 valence electrons. The molecule has 0 unspecified atom stereocenters. The van der Waals surface area contributed by atoms with Crippen LogP contribution in [0, 0.1) is 0 Å². The smallest absolute Gasteiger partial charge is 0.116 e. The van der Waals surface area contributed by atoms with Crippen molar-refractivity contribution in [2.75, 3.05) is 0 Å². The molecule has 0 atom stereocenters. The highest BCUT2D eigenvalue weighted by Gasteiger charge is 2.10. The molecule has 0 aliphatic rings. The second kappa shape index (κ2) is 3.45. The van der Waals surface area contributed by atoms with Gasteiger partial charge in [-0.2, -0.15) is 5.10 Å². The number of aromatic amines is 1.